The number of aliphatic hydroxyl groups is 2. The molecule has 5 rings (SSSR count). The third-order valence-electron chi connectivity index (χ3n) is 8.69. The highest BCUT2D eigenvalue weighted by molar-refractivity contribution is 5.94. The summed E-state index contributed by atoms with van der Waals surface area (Å²) < 4.78 is 5.92. The summed E-state index contributed by atoms with van der Waals surface area (Å²) in [6.45, 7) is 4.19. The first-order valence-corrected chi connectivity index (χ1v) is 9.38. The Morgan fingerprint density at radius 3 is 2.54 bits per heavy atom. The van der Waals surface area contributed by atoms with Gasteiger partial charge in [0.1, 0.15) is 23.6 Å². The van der Waals surface area contributed by atoms with E-state index in [4.69, 9.17) is 4.74 Å². The number of ketones is 2. The van der Waals surface area contributed by atoms with Crippen molar-refractivity contribution in [2.24, 2.45) is 28.6 Å². The SMILES string of the molecule is C[C@]12CC[C@H]3[C@@H](C(=O)[C@H]4O[C@]45[C@H](O)[C@H](O)CC[C@]35C)[C@@H]1CCC2=O. The van der Waals surface area contributed by atoms with E-state index in [0.717, 1.165) is 25.7 Å². The summed E-state index contributed by atoms with van der Waals surface area (Å²) in [5.74, 6) is 0.546. The fraction of sp³-hybridized carbons (Fsp3) is 0.895. The molecule has 0 radical (unpaired) electrons. The van der Waals surface area contributed by atoms with Crippen LogP contribution in [0.2, 0.25) is 0 Å². The molecule has 4 aliphatic carbocycles. The minimum Gasteiger partial charge on any atom is -0.390 e. The average molecular weight is 334 g/mol. The molecule has 5 nitrogen and oxygen atoms in total. The van der Waals surface area contributed by atoms with Gasteiger partial charge in [-0.05, 0) is 43.9 Å². The number of aliphatic hydroxyl groups excluding tert-OH is 2. The van der Waals surface area contributed by atoms with Gasteiger partial charge < -0.3 is 14.9 Å². The quantitative estimate of drug-likeness (QED) is 0.651. The van der Waals surface area contributed by atoms with Crippen LogP contribution in [0.1, 0.15) is 52.4 Å². The summed E-state index contributed by atoms with van der Waals surface area (Å²) in [6.07, 6.45) is 2.01. The van der Waals surface area contributed by atoms with Gasteiger partial charge in [-0.15, -0.1) is 0 Å². The summed E-state index contributed by atoms with van der Waals surface area (Å²) in [6, 6.07) is 0. The molecule has 0 unspecified atom stereocenters. The zero-order valence-corrected chi connectivity index (χ0v) is 14.3. The first-order valence-electron chi connectivity index (χ1n) is 9.38. The van der Waals surface area contributed by atoms with Crippen molar-refractivity contribution in [1.82, 2.24) is 0 Å². The molecule has 132 valence electrons. The molecule has 0 aromatic rings. The van der Waals surface area contributed by atoms with Crippen molar-refractivity contribution in [3.8, 4) is 0 Å². The lowest BCUT2D eigenvalue weighted by atomic mass is 9.44. The van der Waals surface area contributed by atoms with E-state index in [2.05, 4.69) is 6.92 Å². The second kappa shape index (κ2) is 4.30. The van der Waals surface area contributed by atoms with E-state index < -0.39 is 23.9 Å². The van der Waals surface area contributed by atoms with Crippen molar-refractivity contribution >= 4 is 11.6 Å². The van der Waals surface area contributed by atoms with Gasteiger partial charge in [0.2, 0.25) is 0 Å². The van der Waals surface area contributed by atoms with Crippen molar-refractivity contribution in [2.45, 2.75) is 76.3 Å². The monoisotopic (exact) mass is 334 g/mol. The molecule has 24 heavy (non-hydrogen) atoms. The number of fused-ring (bicyclic) bond motifs is 4. The maximum absolute atomic E-state index is 13.2. The van der Waals surface area contributed by atoms with Gasteiger partial charge >= 0.3 is 0 Å². The molecule has 0 bridgehead atoms. The van der Waals surface area contributed by atoms with E-state index in [1.54, 1.807) is 0 Å². The lowest BCUT2D eigenvalue weighted by molar-refractivity contribution is -0.172. The average Bonchev–Trinajstić information content (AvgIpc) is 3.25. The van der Waals surface area contributed by atoms with Crippen LogP contribution in [0.3, 0.4) is 0 Å². The number of rotatable bonds is 0. The van der Waals surface area contributed by atoms with E-state index in [1.807, 2.05) is 6.92 Å². The minimum absolute atomic E-state index is 0.0799. The Bertz CT molecular complexity index is 646. The van der Waals surface area contributed by atoms with Crippen molar-refractivity contribution in [1.29, 1.82) is 0 Å². The molecule has 4 saturated carbocycles. The minimum atomic E-state index is -0.982. The second-order valence-electron chi connectivity index (χ2n) is 9.32. The number of Topliss-reactive ketones (excluding diaryl/α,β-unsaturated/α-hetero) is 2. The Morgan fingerprint density at radius 1 is 1.04 bits per heavy atom. The van der Waals surface area contributed by atoms with E-state index in [0.29, 0.717) is 18.6 Å². The molecule has 9 atom stereocenters. The summed E-state index contributed by atoms with van der Waals surface area (Å²) >= 11 is 0. The van der Waals surface area contributed by atoms with E-state index in [-0.39, 0.29) is 34.4 Å². The molecule has 1 spiro atoms. The summed E-state index contributed by atoms with van der Waals surface area (Å²) in [4.78, 5) is 25.7. The number of carbonyl (C=O) groups is 2. The lowest BCUT2D eigenvalue weighted by Gasteiger charge is -2.58. The van der Waals surface area contributed by atoms with Crippen LogP contribution in [-0.2, 0) is 14.3 Å². The van der Waals surface area contributed by atoms with Crippen LogP contribution in [0.15, 0.2) is 0 Å². The fourth-order valence-corrected chi connectivity index (χ4v) is 7.19. The molecular formula is C19H26O5. The Balaban J connectivity index is 1.60. The first-order chi connectivity index (χ1) is 11.3. The van der Waals surface area contributed by atoms with Gasteiger partial charge in [-0.2, -0.15) is 0 Å². The van der Waals surface area contributed by atoms with Gasteiger partial charge in [0, 0.05) is 23.2 Å². The summed E-state index contributed by atoms with van der Waals surface area (Å²) in [7, 11) is 0. The number of carbonyl (C=O) groups excluding carboxylic acids is 2. The zero-order chi connectivity index (χ0) is 17.1. The third-order valence-corrected chi connectivity index (χ3v) is 8.69. The van der Waals surface area contributed by atoms with Crippen LogP contribution in [0.4, 0.5) is 0 Å². The topological polar surface area (TPSA) is 87.1 Å². The molecular weight excluding hydrogens is 308 g/mol. The maximum Gasteiger partial charge on any atom is 0.168 e. The first kappa shape index (κ1) is 15.5. The molecule has 0 aromatic carbocycles. The maximum atomic E-state index is 13.2. The van der Waals surface area contributed by atoms with Crippen molar-refractivity contribution < 1.29 is 24.5 Å². The van der Waals surface area contributed by atoms with Gasteiger partial charge in [0.25, 0.3) is 0 Å². The molecule has 2 N–H and O–H groups in total. The number of epoxide rings is 1. The van der Waals surface area contributed by atoms with Gasteiger partial charge in [-0.1, -0.05) is 13.8 Å². The Kier molecular flexibility index (Phi) is 2.77. The number of ether oxygens (including phenoxy) is 1. The smallest absolute Gasteiger partial charge is 0.168 e. The number of hydrogen-bond donors (Lipinski definition) is 2. The highest BCUT2D eigenvalue weighted by Gasteiger charge is 2.82. The predicted octanol–water partition coefficient (Wildman–Crippen LogP) is 1.24. The van der Waals surface area contributed by atoms with Gasteiger partial charge in [0.05, 0.1) is 6.10 Å². The summed E-state index contributed by atoms with van der Waals surface area (Å²) in [5, 5.41) is 20.8. The van der Waals surface area contributed by atoms with E-state index in [1.165, 1.54) is 0 Å². The molecule has 0 amide bonds. The number of hydrogen-bond acceptors (Lipinski definition) is 5. The molecule has 5 fully saturated rings. The van der Waals surface area contributed by atoms with Crippen molar-refractivity contribution in [3.63, 3.8) is 0 Å². The van der Waals surface area contributed by atoms with Crippen LogP contribution in [0, 0.1) is 28.6 Å². The Hall–Kier alpha value is -0.780. The standard InChI is InChI=1S/C19H26O5/c1-17-7-5-10-13(9(17)3-4-12(17)21)14(22)16-19(24-16)15(23)11(20)6-8-18(10,19)2/h9-11,13,15-16,20,23H,3-8H2,1-2H3/t9-,10-,11+,13-,15+,16+,17-,18+,19+/m0/s1. The Labute approximate surface area is 141 Å². The molecule has 1 aliphatic heterocycles. The lowest BCUT2D eigenvalue weighted by Crippen LogP contribution is -2.66. The van der Waals surface area contributed by atoms with Crippen LogP contribution >= 0.6 is 0 Å². The summed E-state index contributed by atoms with van der Waals surface area (Å²) in [5.41, 5.74) is -1.53. The molecule has 1 heterocycles. The highest BCUT2D eigenvalue weighted by Crippen LogP contribution is 2.71. The van der Waals surface area contributed by atoms with Crippen molar-refractivity contribution in [2.75, 3.05) is 0 Å². The Morgan fingerprint density at radius 2 is 1.79 bits per heavy atom. The van der Waals surface area contributed by atoms with E-state index >= 15 is 0 Å². The zero-order valence-electron chi connectivity index (χ0n) is 14.3. The normalized spacial score (nSPS) is 61.7. The second-order valence-corrected chi connectivity index (χ2v) is 9.32. The molecule has 1 saturated heterocycles. The van der Waals surface area contributed by atoms with Gasteiger partial charge in [-0.25, -0.2) is 0 Å². The van der Waals surface area contributed by atoms with Gasteiger partial charge in [0.15, 0.2) is 5.78 Å². The molecule has 5 heteroatoms. The fourth-order valence-electron chi connectivity index (χ4n) is 7.19. The van der Waals surface area contributed by atoms with Gasteiger partial charge in [-0.3, -0.25) is 9.59 Å². The van der Waals surface area contributed by atoms with E-state index in [9.17, 15) is 19.8 Å². The molecule has 5 aliphatic rings. The third kappa shape index (κ3) is 1.42. The largest absolute Gasteiger partial charge is 0.390 e. The van der Waals surface area contributed by atoms with Crippen molar-refractivity contribution in [3.05, 3.63) is 0 Å². The predicted molar refractivity (Wildman–Crippen MR) is 84.0 cm³/mol. The van der Waals surface area contributed by atoms with Crippen LogP contribution in [0.5, 0.6) is 0 Å². The van der Waals surface area contributed by atoms with Crippen LogP contribution in [-0.4, -0.2) is 45.7 Å². The highest BCUT2D eigenvalue weighted by atomic mass is 16.6. The van der Waals surface area contributed by atoms with Crippen LogP contribution < -0.4 is 0 Å². The molecule has 0 aromatic heterocycles. The van der Waals surface area contributed by atoms with Crippen LogP contribution in [0.25, 0.3) is 0 Å².